The van der Waals surface area contributed by atoms with E-state index in [2.05, 4.69) is 10.3 Å². The molecule has 5 heteroatoms. The predicted molar refractivity (Wildman–Crippen MR) is 78.6 cm³/mol. The fourth-order valence-corrected chi connectivity index (χ4v) is 3.04. The summed E-state index contributed by atoms with van der Waals surface area (Å²) in [6.45, 7) is 5.09. The highest BCUT2D eigenvalue weighted by Gasteiger charge is 2.18. The fourth-order valence-electron chi connectivity index (χ4n) is 3.04. The quantitative estimate of drug-likeness (QED) is 0.492. The Morgan fingerprint density at radius 1 is 1.40 bits per heavy atom. The van der Waals surface area contributed by atoms with Gasteiger partial charge in [-0.3, -0.25) is 15.1 Å². The van der Waals surface area contributed by atoms with Crippen LogP contribution >= 0.6 is 0 Å². The van der Waals surface area contributed by atoms with Crippen molar-refractivity contribution in [2.75, 3.05) is 6.54 Å². The zero-order valence-electron chi connectivity index (χ0n) is 12.3. The van der Waals surface area contributed by atoms with Gasteiger partial charge in [-0.2, -0.15) is 0 Å². The third-order valence-corrected chi connectivity index (χ3v) is 4.25. The van der Waals surface area contributed by atoms with Gasteiger partial charge in [0.1, 0.15) is 0 Å². The molecule has 0 saturated heterocycles. The van der Waals surface area contributed by atoms with E-state index in [1.807, 2.05) is 0 Å². The fraction of sp³-hybridized carbons (Fsp3) is 0.667. The molecular weight excluding hydrogens is 254 g/mol. The van der Waals surface area contributed by atoms with Gasteiger partial charge in [0.05, 0.1) is 10.6 Å². The Morgan fingerprint density at radius 3 is 2.75 bits per heavy atom. The molecule has 1 aliphatic carbocycles. The molecule has 1 heterocycles. The molecule has 0 aromatic carbocycles. The third-order valence-electron chi connectivity index (χ3n) is 4.25. The molecule has 0 radical (unpaired) electrons. The van der Waals surface area contributed by atoms with Gasteiger partial charge < -0.3 is 5.32 Å². The minimum Gasteiger partial charge on any atom is -0.311 e. The standard InChI is InChI=1S/C15H23N3O2/c1-11-9-17-14(12(2)15(11)18(19)20)10-16-8-7-13-5-3-4-6-13/h9,13,16H,3-8,10H2,1-2H3. The second-order valence-corrected chi connectivity index (χ2v) is 5.73. The topological polar surface area (TPSA) is 68.1 Å². The minimum atomic E-state index is -0.311. The number of hydrogen-bond acceptors (Lipinski definition) is 4. The van der Waals surface area contributed by atoms with E-state index in [-0.39, 0.29) is 10.6 Å². The molecule has 1 saturated carbocycles. The molecule has 0 spiro atoms. The molecular formula is C15H23N3O2. The van der Waals surface area contributed by atoms with E-state index in [9.17, 15) is 10.1 Å². The number of nitrogens with one attached hydrogen (secondary N) is 1. The summed E-state index contributed by atoms with van der Waals surface area (Å²) >= 11 is 0. The molecule has 0 amide bonds. The van der Waals surface area contributed by atoms with Crippen molar-refractivity contribution < 1.29 is 4.92 Å². The Labute approximate surface area is 119 Å². The number of nitrogens with zero attached hydrogens (tertiary/aromatic N) is 2. The molecule has 0 bridgehead atoms. The molecule has 1 N–H and O–H groups in total. The van der Waals surface area contributed by atoms with Gasteiger partial charge in [-0.1, -0.05) is 25.7 Å². The number of hydrogen-bond donors (Lipinski definition) is 1. The molecule has 1 aliphatic rings. The van der Waals surface area contributed by atoms with Crippen LogP contribution in [0.3, 0.4) is 0 Å². The van der Waals surface area contributed by atoms with Crippen LogP contribution in [0.2, 0.25) is 0 Å². The monoisotopic (exact) mass is 277 g/mol. The van der Waals surface area contributed by atoms with E-state index in [1.165, 1.54) is 32.1 Å². The van der Waals surface area contributed by atoms with Crippen LogP contribution in [-0.2, 0) is 6.54 Å². The Hall–Kier alpha value is -1.49. The van der Waals surface area contributed by atoms with Crippen LogP contribution in [-0.4, -0.2) is 16.5 Å². The summed E-state index contributed by atoms with van der Waals surface area (Å²) in [5.74, 6) is 0.865. The van der Waals surface area contributed by atoms with E-state index in [0.29, 0.717) is 17.7 Å². The first-order valence-electron chi connectivity index (χ1n) is 7.39. The van der Waals surface area contributed by atoms with E-state index in [1.54, 1.807) is 20.0 Å². The average Bonchev–Trinajstić information content (AvgIpc) is 2.89. The van der Waals surface area contributed by atoms with Crippen molar-refractivity contribution in [2.24, 2.45) is 5.92 Å². The van der Waals surface area contributed by atoms with E-state index in [0.717, 1.165) is 18.2 Å². The molecule has 0 atom stereocenters. The van der Waals surface area contributed by atoms with Crippen molar-refractivity contribution in [3.05, 3.63) is 33.1 Å². The van der Waals surface area contributed by atoms with E-state index >= 15 is 0 Å². The summed E-state index contributed by atoms with van der Waals surface area (Å²) in [5, 5.41) is 14.4. The van der Waals surface area contributed by atoms with Crippen LogP contribution in [0.25, 0.3) is 0 Å². The van der Waals surface area contributed by atoms with Gasteiger partial charge in [0.15, 0.2) is 0 Å². The van der Waals surface area contributed by atoms with Gasteiger partial charge in [0, 0.05) is 23.9 Å². The van der Waals surface area contributed by atoms with Gasteiger partial charge in [-0.25, -0.2) is 0 Å². The maximum Gasteiger partial charge on any atom is 0.278 e. The number of rotatable bonds is 6. The molecule has 0 aliphatic heterocycles. The molecule has 1 aromatic rings. The lowest BCUT2D eigenvalue weighted by Gasteiger charge is -2.11. The van der Waals surface area contributed by atoms with Gasteiger partial charge in [0.2, 0.25) is 0 Å². The third kappa shape index (κ3) is 3.54. The van der Waals surface area contributed by atoms with Crippen molar-refractivity contribution in [3.8, 4) is 0 Å². The number of pyridine rings is 1. The van der Waals surface area contributed by atoms with Crippen LogP contribution in [0.1, 0.15) is 48.9 Å². The zero-order valence-corrected chi connectivity index (χ0v) is 12.3. The second-order valence-electron chi connectivity index (χ2n) is 5.73. The lowest BCUT2D eigenvalue weighted by molar-refractivity contribution is -0.386. The van der Waals surface area contributed by atoms with Gasteiger partial charge in [-0.05, 0) is 32.7 Å². The van der Waals surface area contributed by atoms with Crippen LogP contribution in [0.15, 0.2) is 6.20 Å². The van der Waals surface area contributed by atoms with Crippen molar-refractivity contribution in [2.45, 2.75) is 52.5 Å². The molecule has 1 fully saturated rings. The average molecular weight is 277 g/mol. The van der Waals surface area contributed by atoms with Gasteiger partial charge in [0.25, 0.3) is 5.69 Å². The summed E-state index contributed by atoms with van der Waals surface area (Å²) in [6, 6.07) is 0. The summed E-state index contributed by atoms with van der Waals surface area (Å²) in [6.07, 6.45) is 8.25. The smallest absolute Gasteiger partial charge is 0.278 e. The predicted octanol–water partition coefficient (Wildman–Crippen LogP) is 3.28. The lowest BCUT2D eigenvalue weighted by Crippen LogP contribution is -2.19. The first-order valence-corrected chi connectivity index (χ1v) is 7.39. The minimum absolute atomic E-state index is 0.201. The van der Waals surface area contributed by atoms with Crippen molar-refractivity contribution in [1.29, 1.82) is 0 Å². The SMILES string of the molecule is Cc1cnc(CNCCC2CCCC2)c(C)c1[N+](=O)[O-]. The number of aromatic nitrogens is 1. The Morgan fingerprint density at radius 2 is 2.10 bits per heavy atom. The summed E-state index contributed by atoms with van der Waals surface area (Å²) < 4.78 is 0. The van der Waals surface area contributed by atoms with E-state index < -0.39 is 0 Å². The highest BCUT2D eigenvalue weighted by atomic mass is 16.6. The molecule has 1 aromatic heterocycles. The van der Waals surface area contributed by atoms with Crippen molar-refractivity contribution in [3.63, 3.8) is 0 Å². The summed E-state index contributed by atoms with van der Waals surface area (Å²) in [4.78, 5) is 15.1. The normalized spacial score (nSPS) is 15.7. The highest BCUT2D eigenvalue weighted by Crippen LogP contribution is 2.27. The highest BCUT2D eigenvalue weighted by molar-refractivity contribution is 5.47. The Kier molecular flexibility index (Phi) is 5.06. The number of nitro groups is 1. The van der Waals surface area contributed by atoms with Crippen LogP contribution in [0.5, 0.6) is 0 Å². The summed E-state index contributed by atoms with van der Waals surface area (Å²) in [5.41, 5.74) is 2.30. The Bertz CT molecular complexity index is 482. The van der Waals surface area contributed by atoms with Crippen LogP contribution in [0, 0.1) is 29.9 Å². The maximum atomic E-state index is 11.1. The van der Waals surface area contributed by atoms with Crippen molar-refractivity contribution in [1.82, 2.24) is 10.3 Å². The van der Waals surface area contributed by atoms with Crippen molar-refractivity contribution >= 4 is 5.69 Å². The number of aryl methyl sites for hydroxylation is 1. The zero-order chi connectivity index (χ0) is 14.5. The lowest BCUT2D eigenvalue weighted by atomic mass is 10.0. The van der Waals surface area contributed by atoms with Gasteiger partial charge in [-0.15, -0.1) is 0 Å². The largest absolute Gasteiger partial charge is 0.311 e. The van der Waals surface area contributed by atoms with Gasteiger partial charge >= 0.3 is 0 Å². The van der Waals surface area contributed by atoms with Crippen LogP contribution in [0.4, 0.5) is 5.69 Å². The first-order chi connectivity index (χ1) is 9.59. The maximum absolute atomic E-state index is 11.1. The molecule has 0 unspecified atom stereocenters. The first kappa shape index (κ1) is 14.9. The van der Waals surface area contributed by atoms with Crippen LogP contribution < -0.4 is 5.32 Å². The summed E-state index contributed by atoms with van der Waals surface area (Å²) in [7, 11) is 0. The van der Waals surface area contributed by atoms with E-state index in [4.69, 9.17) is 0 Å². The molecule has 20 heavy (non-hydrogen) atoms. The molecule has 2 rings (SSSR count). The second kappa shape index (κ2) is 6.79. The molecule has 110 valence electrons. The molecule has 5 nitrogen and oxygen atoms in total. The Balaban J connectivity index is 1.89.